The van der Waals surface area contributed by atoms with Gasteiger partial charge in [0.2, 0.25) is 21.8 Å². The van der Waals surface area contributed by atoms with E-state index in [0.29, 0.717) is 22.9 Å². The number of sulfonamides is 1. The maximum absolute atomic E-state index is 13.4. The molecule has 1 N–H and O–H groups in total. The molecule has 0 bridgehead atoms. The molecular formula is C23H30ClN3O5S. The fourth-order valence-electron chi connectivity index (χ4n) is 3.24. The number of amides is 2. The molecule has 0 fully saturated rings. The van der Waals surface area contributed by atoms with Crippen molar-refractivity contribution in [3.63, 3.8) is 0 Å². The Morgan fingerprint density at radius 3 is 2.45 bits per heavy atom. The molecule has 0 aliphatic carbocycles. The molecule has 0 saturated heterocycles. The molecule has 0 unspecified atom stereocenters. The van der Waals surface area contributed by atoms with Crippen molar-refractivity contribution in [2.24, 2.45) is 0 Å². The molecule has 2 rings (SSSR count). The molecule has 33 heavy (non-hydrogen) atoms. The van der Waals surface area contributed by atoms with Crippen molar-refractivity contribution in [3.8, 4) is 5.75 Å². The molecule has 2 aromatic rings. The van der Waals surface area contributed by atoms with Gasteiger partial charge in [0, 0.05) is 18.1 Å². The fraction of sp³-hybridized carbons (Fsp3) is 0.391. The third kappa shape index (κ3) is 7.36. The molecule has 2 aromatic carbocycles. The zero-order valence-corrected chi connectivity index (χ0v) is 20.8. The minimum absolute atomic E-state index is 0.0869. The van der Waals surface area contributed by atoms with Crippen LogP contribution in [-0.4, -0.2) is 57.6 Å². The van der Waals surface area contributed by atoms with Gasteiger partial charge in [0.15, 0.2) is 0 Å². The van der Waals surface area contributed by atoms with Gasteiger partial charge in [-0.3, -0.25) is 13.9 Å². The summed E-state index contributed by atoms with van der Waals surface area (Å²) in [5.41, 5.74) is 0.954. The Labute approximate surface area is 200 Å². The van der Waals surface area contributed by atoms with E-state index < -0.39 is 28.5 Å². The summed E-state index contributed by atoms with van der Waals surface area (Å²) in [4.78, 5) is 27.5. The van der Waals surface area contributed by atoms with Gasteiger partial charge in [-0.25, -0.2) is 8.42 Å². The van der Waals surface area contributed by atoms with E-state index in [0.717, 1.165) is 17.0 Å². The summed E-state index contributed by atoms with van der Waals surface area (Å²) in [6, 6.07) is 12.7. The zero-order chi connectivity index (χ0) is 24.6. The minimum atomic E-state index is -3.83. The van der Waals surface area contributed by atoms with Crippen LogP contribution >= 0.6 is 11.6 Å². The predicted octanol–water partition coefficient (Wildman–Crippen LogP) is 3.06. The number of hydrogen-bond acceptors (Lipinski definition) is 5. The van der Waals surface area contributed by atoms with E-state index in [2.05, 4.69) is 5.32 Å². The highest BCUT2D eigenvalue weighted by Gasteiger charge is 2.31. The summed E-state index contributed by atoms with van der Waals surface area (Å²) in [7, 11) is -2.41. The number of para-hydroxylation sites is 2. The first-order valence-electron chi connectivity index (χ1n) is 10.5. The Bertz CT molecular complexity index is 1080. The Hall–Kier alpha value is -2.78. The monoisotopic (exact) mass is 495 g/mol. The van der Waals surface area contributed by atoms with Crippen LogP contribution < -0.4 is 14.4 Å². The Balaban J connectivity index is 2.41. The number of methoxy groups -OCH3 is 1. The van der Waals surface area contributed by atoms with Crippen LogP contribution in [0.5, 0.6) is 5.75 Å². The number of carbonyl (C=O) groups is 2. The fourth-order valence-corrected chi connectivity index (χ4v) is 4.31. The van der Waals surface area contributed by atoms with E-state index in [-0.39, 0.29) is 18.1 Å². The number of benzene rings is 2. The van der Waals surface area contributed by atoms with E-state index >= 15 is 0 Å². The summed E-state index contributed by atoms with van der Waals surface area (Å²) in [5.74, 6) is -0.549. The van der Waals surface area contributed by atoms with Gasteiger partial charge < -0.3 is 15.0 Å². The van der Waals surface area contributed by atoms with Gasteiger partial charge in [-0.1, -0.05) is 42.8 Å². The van der Waals surface area contributed by atoms with Crippen LogP contribution in [-0.2, 0) is 26.2 Å². The van der Waals surface area contributed by atoms with Gasteiger partial charge in [-0.2, -0.15) is 0 Å². The first kappa shape index (κ1) is 26.5. The average molecular weight is 496 g/mol. The number of nitrogens with zero attached hydrogens (tertiary/aromatic N) is 2. The largest absolute Gasteiger partial charge is 0.495 e. The van der Waals surface area contributed by atoms with Crippen molar-refractivity contribution in [1.82, 2.24) is 10.2 Å². The van der Waals surface area contributed by atoms with Crippen LogP contribution in [0.3, 0.4) is 0 Å². The average Bonchev–Trinajstić information content (AvgIpc) is 2.78. The summed E-state index contributed by atoms with van der Waals surface area (Å²) in [6.45, 7) is 3.60. The van der Waals surface area contributed by atoms with E-state index in [9.17, 15) is 18.0 Å². The molecule has 0 aromatic heterocycles. The van der Waals surface area contributed by atoms with Crippen molar-refractivity contribution in [2.45, 2.75) is 32.9 Å². The second-order valence-electron chi connectivity index (χ2n) is 7.56. The van der Waals surface area contributed by atoms with Crippen molar-refractivity contribution in [3.05, 3.63) is 59.1 Å². The van der Waals surface area contributed by atoms with Gasteiger partial charge in [0.25, 0.3) is 0 Å². The van der Waals surface area contributed by atoms with Crippen LogP contribution in [0, 0.1) is 0 Å². The van der Waals surface area contributed by atoms with Crippen LogP contribution in [0.15, 0.2) is 48.5 Å². The molecular weight excluding hydrogens is 466 g/mol. The van der Waals surface area contributed by atoms with E-state index in [4.69, 9.17) is 16.3 Å². The van der Waals surface area contributed by atoms with Crippen LogP contribution in [0.25, 0.3) is 0 Å². The lowest BCUT2D eigenvalue weighted by Crippen LogP contribution is -2.51. The third-order valence-corrected chi connectivity index (χ3v) is 6.35. The molecule has 180 valence electrons. The zero-order valence-electron chi connectivity index (χ0n) is 19.2. The topological polar surface area (TPSA) is 96.0 Å². The first-order valence-corrected chi connectivity index (χ1v) is 12.7. The second kappa shape index (κ2) is 11.9. The highest BCUT2D eigenvalue weighted by Crippen LogP contribution is 2.29. The summed E-state index contributed by atoms with van der Waals surface area (Å²) in [6.07, 6.45) is 1.77. The molecule has 0 aliphatic heterocycles. The van der Waals surface area contributed by atoms with Gasteiger partial charge in [-0.05, 0) is 43.2 Å². The number of nitrogens with one attached hydrogen (secondary N) is 1. The molecule has 0 aliphatic rings. The molecule has 0 spiro atoms. The lowest BCUT2D eigenvalue weighted by Gasteiger charge is -2.31. The maximum atomic E-state index is 13.4. The van der Waals surface area contributed by atoms with Crippen molar-refractivity contribution in [2.75, 3.05) is 30.8 Å². The molecule has 0 saturated carbocycles. The SMILES string of the molecule is CCCNC(=O)[C@H](C)N(Cc1cccc(Cl)c1)C(=O)CN(c1ccccc1OC)S(C)(=O)=O. The quantitative estimate of drug-likeness (QED) is 0.517. The molecule has 0 radical (unpaired) electrons. The molecule has 8 nitrogen and oxygen atoms in total. The van der Waals surface area contributed by atoms with Crippen LogP contribution in [0.2, 0.25) is 5.02 Å². The second-order valence-corrected chi connectivity index (χ2v) is 9.90. The summed E-state index contributed by atoms with van der Waals surface area (Å²) < 4.78 is 31.5. The number of hydrogen-bond donors (Lipinski definition) is 1. The smallest absolute Gasteiger partial charge is 0.244 e. The Morgan fingerprint density at radius 2 is 1.85 bits per heavy atom. The highest BCUT2D eigenvalue weighted by molar-refractivity contribution is 7.92. The predicted molar refractivity (Wildman–Crippen MR) is 130 cm³/mol. The van der Waals surface area contributed by atoms with Crippen molar-refractivity contribution < 1.29 is 22.7 Å². The van der Waals surface area contributed by atoms with E-state index in [1.165, 1.54) is 12.0 Å². The van der Waals surface area contributed by atoms with Gasteiger partial charge in [0.1, 0.15) is 18.3 Å². The van der Waals surface area contributed by atoms with Gasteiger partial charge in [0.05, 0.1) is 19.1 Å². The van der Waals surface area contributed by atoms with Crippen LogP contribution in [0.4, 0.5) is 5.69 Å². The Kier molecular flexibility index (Phi) is 9.55. The Morgan fingerprint density at radius 1 is 1.15 bits per heavy atom. The highest BCUT2D eigenvalue weighted by atomic mass is 35.5. The summed E-state index contributed by atoms with van der Waals surface area (Å²) in [5, 5.41) is 3.28. The lowest BCUT2D eigenvalue weighted by molar-refractivity contribution is -0.139. The molecule has 2 amide bonds. The van der Waals surface area contributed by atoms with Gasteiger partial charge >= 0.3 is 0 Å². The lowest BCUT2D eigenvalue weighted by atomic mass is 10.1. The first-order chi connectivity index (χ1) is 15.6. The van der Waals surface area contributed by atoms with Crippen molar-refractivity contribution in [1.29, 1.82) is 0 Å². The standard InChI is InChI=1S/C23H30ClN3O5S/c1-5-13-25-23(29)17(2)26(15-18-9-8-10-19(24)14-18)22(28)16-27(33(4,30)31)20-11-6-7-12-21(20)32-3/h6-12,14,17H,5,13,15-16H2,1-4H3,(H,25,29)/t17-/m0/s1. The third-order valence-electron chi connectivity index (χ3n) is 4.99. The van der Waals surface area contributed by atoms with Crippen molar-refractivity contribution >= 4 is 39.1 Å². The van der Waals surface area contributed by atoms with E-state index in [1.54, 1.807) is 55.5 Å². The number of carbonyl (C=O) groups excluding carboxylic acids is 2. The van der Waals surface area contributed by atoms with Crippen LogP contribution in [0.1, 0.15) is 25.8 Å². The summed E-state index contributed by atoms with van der Waals surface area (Å²) >= 11 is 6.09. The normalized spacial score (nSPS) is 12.0. The number of ether oxygens (including phenoxy) is 1. The molecule has 10 heteroatoms. The molecule has 1 atom stereocenters. The van der Waals surface area contributed by atoms with Gasteiger partial charge in [-0.15, -0.1) is 0 Å². The maximum Gasteiger partial charge on any atom is 0.244 e. The molecule has 0 heterocycles. The number of rotatable bonds is 11. The van der Waals surface area contributed by atoms with E-state index in [1.807, 2.05) is 6.92 Å². The number of anilines is 1. The minimum Gasteiger partial charge on any atom is -0.495 e. The number of halogens is 1.